The Morgan fingerprint density at radius 1 is 1.00 bits per heavy atom. The van der Waals surface area contributed by atoms with Gasteiger partial charge in [-0.2, -0.15) is 0 Å². The summed E-state index contributed by atoms with van der Waals surface area (Å²) in [4.78, 5) is 23.8. The number of benzene rings is 2. The molecule has 0 spiro atoms. The fourth-order valence-corrected chi connectivity index (χ4v) is 2.26. The summed E-state index contributed by atoms with van der Waals surface area (Å²) in [6.07, 6.45) is -0.738. The maximum Gasteiger partial charge on any atom is 0.303 e. The van der Waals surface area contributed by atoms with E-state index in [1.165, 1.54) is 6.92 Å². The standard InChI is InChI=1S/C17H18O3/c1-11(2)17(20-12(3)18)16(19)15-10-6-8-13-7-4-5-9-14(13)15/h4-11,17H,1-3H3. The molecule has 2 aromatic carbocycles. The summed E-state index contributed by atoms with van der Waals surface area (Å²) in [5.41, 5.74) is 0.600. The van der Waals surface area contributed by atoms with Crippen LogP contribution in [0.1, 0.15) is 31.1 Å². The van der Waals surface area contributed by atoms with Crippen molar-refractivity contribution in [3.8, 4) is 0 Å². The highest BCUT2D eigenvalue weighted by molar-refractivity contribution is 6.10. The molecular weight excluding hydrogens is 252 g/mol. The van der Waals surface area contributed by atoms with Crippen LogP contribution in [0.15, 0.2) is 42.5 Å². The van der Waals surface area contributed by atoms with Crippen molar-refractivity contribution in [2.24, 2.45) is 5.92 Å². The van der Waals surface area contributed by atoms with Crippen LogP contribution < -0.4 is 0 Å². The average molecular weight is 270 g/mol. The van der Waals surface area contributed by atoms with Gasteiger partial charge in [-0.25, -0.2) is 0 Å². The molecule has 0 heterocycles. The first kappa shape index (κ1) is 14.3. The summed E-state index contributed by atoms with van der Waals surface area (Å²) in [7, 11) is 0. The first-order valence-electron chi connectivity index (χ1n) is 6.70. The van der Waals surface area contributed by atoms with Crippen molar-refractivity contribution in [1.29, 1.82) is 0 Å². The molecule has 2 rings (SSSR count). The molecule has 0 aliphatic carbocycles. The second kappa shape index (κ2) is 5.87. The Hall–Kier alpha value is -2.16. The molecule has 0 aliphatic heterocycles. The summed E-state index contributed by atoms with van der Waals surface area (Å²) in [5, 5.41) is 1.89. The highest BCUT2D eigenvalue weighted by Gasteiger charge is 2.27. The third-order valence-corrected chi connectivity index (χ3v) is 3.21. The lowest BCUT2D eigenvalue weighted by Gasteiger charge is -2.20. The summed E-state index contributed by atoms with van der Waals surface area (Å²) >= 11 is 0. The van der Waals surface area contributed by atoms with Gasteiger partial charge < -0.3 is 4.74 Å². The maximum absolute atomic E-state index is 12.7. The number of carbonyl (C=O) groups is 2. The summed E-state index contributed by atoms with van der Waals surface area (Å²) < 4.78 is 5.19. The van der Waals surface area contributed by atoms with Gasteiger partial charge in [-0.05, 0) is 16.7 Å². The van der Waals surface area contributed by atoms with Gasteiger partial charge in [0.2, 0.25) is 5.78 Å². The zero-order valence-corrected chi connectivity index (χ0v) is 11.9. The molecule has 1 atom stereocenters. The predicted octanol–water partition coefficient (Wildman–Crippen LogP) is 3.61. The molecule has 0 fully saturated rings. The monoisotopic (exact) mass is 270 g/mol. The van der Waals surface area contributed by atoms with Crippen molar-refractivity contribution >= 4 is 22.5 Å². The highest BCUT2D eigenvalue weighted by Crippen LogP contribution is 2.22. The van der Waals surface area contributed by atoms with E-state index in [-0.39, 0.29) is 11.7 Å². The van der Waals surface area contributed by atoms with Crippen LogP contribution in [-0.4, -0.2) is 17.9 Å². The van der Waals surface area contributed by atoms with E-state index in [2.05, 4.69) is 0 Å². The Morgan fingerprint density at radius 2 is 1.65 bits per heavy atom. The molecule has 2 aromatic rings. The first-order chi connectivity index (χ1) is 9.50. The topological polar surface area (TPSA) is 43.4 Å². The minimum atomic E-state index is -0.738. The van der Waals surface area contributed by atoms with E-state index < -0.39 is 12.1 Å². The molecule has 0 bridgehead atoms. The Labute approximate surface area is 118 Å². The zero-order valence-electron chi connectivity index (χ0n) is 11.9. The van der Waals surface area contributed by atoms with E-state index in [9.17, 15) is 9.59 Å². The normalized spacial score (nSPS) is 12.4. The molecule has 104 valence electrons. The van der Waals surface area contributed by atoms with Crippen LogP contribution in [0.25, 0.3) is 10.8 Å². The van der Waals surface area contributed by atoms with Gasteiger partial charge in [0.05, 0.1) is 0 Å². The fraction of sp³-hybridized carbons (Fsp3) is 0.294. The van der Waals surface area contributed by atoms with E-state index in [1.807, 2.05) is 50.2 Å². The van der Waals surface area contributed by atoms with Crippen LogP contribution in [0.2, 0.25) is 0 Å². The second-order valence-electron chi connectivity index (χ2n) is 5.17. The number of ether oxygens (including phenoxy) is 1. The minimum Gasteiger partial charge on any atom is -0.454 e. The molecule has 0 saturated carbocycles. The van der Waals surface area contributed by atoms with Crippen LogP contribution >= 0.6 is 0 Å². The van der Waals surface area contributed by atoms with Gasteiger partial charge in [-0.3, -0.25) is 9.59 Å². The largest absolute Gasteiger partial charge is 0.454 e. The van der Waals surface area contributed by atoms with E-state index >= 15 is 0 Å². The van der Waals surface area contributed by atoms with Crippen LogP contribution in [-0.2, 0) is 9.53 Å². The van der Waals surface area contributed by atoms with Gasteiger partial charge in [0.25, 0.3) is 0 Å². The van der Waals surface area contributed by atoms with Crippen LogP contribution in [0.3, 0.4) is 0 Å². The number of carbonyl (C=O) groups excluding carboxylic acids is 2. The maximum atomic E-state index is 12.7. The molecule has 3 nitrogen and oxygen atoms in total. The lowest BCUT2D eigenvalue weighted by molar-refractivity contribution is -0.146. The van der Waals surface area contributed by atoms with Gasteiger partial charge in [0.15, 0.2) is 6.10 Å². The van der Waals surface area contributed by atoms with E-state index in [1.54, 1.807) is 6.07 Å². The number of esters is 1. The third-order valence-electron chi connectivity index (χ3n) is 3.21. The lowest BCUT2D eigenvalue weighted by atomic mass is 9.94. The Morgan fingerprint density at radius 3 is 2.30 bits per heavy atom. The molecular formula is C17H18O3. The average Bonchev–Trinajstić information content (AvgIpc) is 2.43. The molecule has 3 heteroatoms. The number of rotatable bonds is 4. The van der Waals surface area contributed by atoms with Gasteiger partial charge in [0.1, 0.15) is 0 Å². The van der Waals surface area contributed by atoms with Gasteiger partial charge >= 0.3 is 5.97 Å². The molecule has 0 radical (unpaired) electrons. The SMILES string of the molecule is CC(=O)OC(C(=O)c1cccc2ccccc12)C(C)C. The van der Waals surface area contributed by atoms with Crippen molar-refractivity contribution < 1.29 is 14.3 Å². The Balaban J connectivity index is 2.46. The molecule has 0 N–H and O–H groups in total. The molecule has 0 saturated heterocycles. The Bertz CT molecular complexity index is 638. The Kier molecular flexibility index (Phi) is 4.18. The van der Waals surface area contributed by atoms with Crippen molar-refractivity contribution in [3.05, 3.63) is 48.0 Å². The van der Waals surface area contributed by atoms with Crippen LogP contribution in [0, 0.1) is 5.92 Å². The fourth-order valence-electron chi connectivity index (χ4n) is 2.26. The molecule has 1 unspecified atom stereocenters. The number of Topliss-reactive ketones (excluding diaryl/α,β-unsaturated/α-hetero) is 1. The van der Waals surface area contributed by atoms with Gasteiger partial charge in [-0.1, -0.05) is 56.3 Å². The predicted molar refractivity (Wildman–Crippen MR) is 78.7 cm³/mol. The van der Waals surface area contributed by atoms with Crippen LogP contribution in [0.4, 0.5) is 0 Å². The zero-order chi connectivity index (χ0) is 14.7. The quantitative estimate of drug-likeness (QED) is 0.629. The third kappa shape index (κ3) is 2.87. The highest BCUT2D eigenvalue weighted by atomic mass is 16.5. The number of fused-ring (bicyclic) bond motifs is 1. The number of hydrogen-bond acceptors (Lipinski definition) is 3. The molecule has 0 amide bonds. The summed E-state index contributed by atoms with van der Waals surface area (Å²) in [5.74, 6) is -0.644. The summed E-state index contributed by atoms with van der Waals surface area (Å²) in [6.45, 7) is 5.07. The minimum absolute atomic E-state index is 0.0645. The van der Waals surface area contributed by atoms with Crippen molar-refractivity contribution in [1.82, 2.24) is 0 Å². The molecule has 0 aliphatic rings. The van der Waals surface area contributed by atoms with Crippen molar-refractivity contribution in [2.45, 2.75) is 26.9 Å². The van der Waals surface area contributed by atoms with E-state index in [0.717, 1.165) is 10.8 Å². The number of hydrogen-bond donors (Lipinski definition) is 0. The van der Waals surface area contributed by atoms with Crippen LogP contribution in [0.5, 0.6) is 0 Å². The first-order valence-corrected chi connectivity index (χ1v) is 6.70. The molecule has 20 heavy (non-hydrogen) atoms. The summed E-state index contributed by atoms with van der Waals surface area (Å²) in [6, 6.07) is 13.3. The van der Waals surface area contributed by atoms with E-state index in [0.29, 0.717) is 5.56 Å². The van der Waals surface area contributed by atoms with Gasteiger partial charge in [0, 0.05) is 12.5 Å². The lowest BCUT2D eigenvalue weighted by Crippen LogP contribution is -2.31. The van der Waals surface area contributed by atoms with E-state index in [4.69, 9.17) is 4.74 Å². The van der Waals surface area contributed by atoms with Crippen molar-refractivity contribution in [3.63, 3.8) is 0 Å². The number of ketones is 1. The van der Waals surface area contributed by atoms with Crippen molar-refractivity contribution in [2.75, 3.05) is 0 Å². The molecule has 0 aromatic heterocycles. The second-order valence-corrected chi connectivity index (χ2v) is 5.17. The van der Waals surface area contributed by atoms with Gasteiger partial charge in [-0.15, -0.1) is 0 Å². The smallest absolute Gasteiger partial charge is 0.303 e.